The smallest absolute Gasteiger partial charge is 0.172 e. The lowest BCUT2D eigenvalue weighted by Gasteiger charge is -2.34. The summed E-state index contributed by atoms with van der Waals surface area (Å²) in [6, 6.07) is 10.5. The topological polar surface area (TPSA) is 45.5 Å². The lowest BCUT2D eigenvalue weighted by molar-refractivity contribution is 0.158. The van der Waals surface area contributed by atoms with Gasteiger partial charge in [0.1, 0.15) is 5.82 Å². The maximum atomic E-state index is 4.88. The summed E-state index contributed by atoms with van der Waals surface area (Å²) in [5.41, 5.74) is 4.21. The molecule has 1 aliphatic rings. The van der Waals surface area contributed by atoms with Crippen molar-refractivity contribution in [3.05, 3.63) is 46.6 Å². The second-order valence-electron chi connectivity index (χ2n) is 8.73. The zero-order valence-electron chi connectivity index (χ0n) is 18.2. The summed E-state index contributed by atoms with van der Waals surface area (Å²) in [4.78, 5) is 7.53. The minimum absolute atomic E-state index is 0.659. The first-order valence-electron chi connectivity index (χ1n) is 11.1. The van der Waals surface area contributed by atoms with E-state index < -0.39 is 0 Å². The van der Waals surface area contributed by atoms with Gasteiger partial charge >= 0.3 is 0 Å². The molecular formula is C24H32BrN5. The van der Waals surface area contributed by atoms with E-state index in [1.165, 1.54) is 44.5 Å². The van der Waals surface area contributed by atoms with Crippen LogP contribution in [0.25, 0.3) is 16.9 Å². The summed E-state index contributed by atoms with van der Waals surface area (Å²) in [6.45, 7) is 11.4. The zero-order valence-corrected chi connectivity index (χ0v) is 19.8. The number of nitrogens with zero attached hydrogens (tertiary/aromatic N) is 4. The minimum atomic E-state index is 0.659. The Labute approximate surface area is 188 Å². The molecule has 2 unspecified atom stereocenters. The van der Waals surface area contributed by atoms with E-state index in [1.54, 1.807) is 0 Å². The number of rotatable bonds is 7. The molecule has 1 aliphatic heterocycles. The van der Waals surface area contributed by atoms with E-state index in [2.05, 4.69) is 82.3 Å². The van der Waals surface area contributed by atoms with E-state index in [0.29, 0.717) is 5.92 Å². The average Bonchev–Trinajstić information content (AvgIpc) is 3.13. The highest BCUT2D eigenvalue weighted by molar-refractivity contribution is 9.10. The number of benzene rings is 1. The van der Waals surface area contributed by atoms with Crippen LogP contribution in [0.1, 0.15) is 38.7 Å². The molecule has 30 heavy (non-hydrogen) atoms. The van der Waals surface area contributed by atoms with Gasteiger partial charge in [0.05, 0.1) is 16.4 Å². The molecule has 0 bridgehead atoms. The largest absolute Gasteiger partial charge is 0.370 e. The van der Waals surface area contributed by atoms with E-state index in [4.69, 9.17) is 4.98 Å². The molecule has 3 aromatic rings. The lowest BCUT2D eigenvalue weighted by atomic mass is 9.96. The lowest BCUT2D eigenvalue weighted by Crippen LogP contribution is -2.40. The van der Waals surface area contributed by atoms with Crippen LogP contribution in [-0.4, -0.2) is 45.7 Å². The molecule has 0 radical (unpaired) electrons. The van der Waals surface area contributed by atoms with Gasteiger partial charge in [0, 0.05) is 31.3 Å². The third-order valence-electron chi connectivity index (χ3n) is 6.29. The average molecular weight is 470 g/mol. The van der Waals surface area contributed by atoms with Crippen molar-refractivity contribution in [1.82, 2.24) is 19.5 Å². The molecule has 1 saturated heterocycles. The van der Waals surface area contributed by atoms with Crippen LogP contribution in [0.4, 0.5) is 5.82 Å². The fraction of sp³-hybridized carbons (Fsp3) is 0.500. The van der Waals surface area contributed by atoms with Crippen molar-refractivity contribution in [1.29, 1.82) is 0 Å². The summed E-state index contributed by atoms with van der Waals surface area (Å²) in [7, 11) is 0. The predicted molar refractivity (Wildman–Crippen MR) is 128 cm³/mol. The van der Waals surface area contributed by atoms with E-state index in [-0.39, 0.29) is 0 Å². The van der Waals surface area contributed by atoms with Crippen LogP contribution in [0, 0.1) is 18.8 Å². The number of likely N-dealkylation sites (tertiary alicyclic amines) is 1. The third kappa shape index (κ3) is 4.70. The molecule has 0 spiro atoms. The van der Waals surface area contributed by atoms with Crippen LogP contribution < -0.4 is 5.32 Å². The number of hydrogen-bond donors (Lipinski definition) is 1. The Morgan fingerprint density at radius 3 is 2.93 bits per heavy atom. The molecule has 1 N–H and O–H groups in total. The van der Waals surface area contributed by atoms with Gasteiger partial charge in [-0.2, -0.15) is 9.61 Å². The molecule has 2 aromatic heterocycles. The van der Waals surface area contributed by atoms with Crippen LogP contribution >= 0.6 is 15.9 Å². The SMILES string of the molecule is CCC(C)CN1CCCC(CNc2cc(-c3ccccc3C)nc3c(Br)cnn23)C1. The van der Waals surface area contributed by atoms with Gasteiger partial charge in [0.25, 0.3) is 0 Å². The second-order valence-corrected chi connectivity index (χ2v) is 9.59. The monoisotopic (exact) mass is 469 g/mol. The summed E-state index contributed by atoms with van der Waals surface area (Å²) >= 11 is 3.61. The number of aryl methyl sites for hydroxylation is 1. The van der Waals surface area contributed by atoms with Crippen LogP contribution in [0.5, 0.6) is 0 Å². The van der Waals surface area contributed by atoms with Gasteiger partial charge in [-0.15, -0.1) is 0 Å². The Morgan fingerprint density at radius 2 is 2.13 bits per heavy atom. The molecular weight excluding hydrogens is 438 g/mol. The maximum absolute atomic E-state index is 4.88. The number of piperidine rings is 1. The Hall–Kier alpha value is -1.92. The minimum Gasteiger partial charge on any atom is -0.370 e. The van der Waals surface area contributed by atoms with Gasteiger partial charge in [0.15, 0.2) is 5.65 Å². The van der Waals surface area contributed by atoms with E-state index in [9.17, 15) is 0 Å². The first-order valence-corrected chi connectivity index (χ1v) is 11.9. The van der Waals surface area contributed by atoms with E-state index in [1.807, 2.05) is 10.7 Å². The molecule has 2 atom stereocenters. The van der Waals surface area contributed by atoms with Crippen LogP contribution in [0.3, 0.4) is 0 Å². The fourth-order valence-electron chi connectivity index (χ4n) is 4.36. The molecule has 1 aromatic carbocycles. The zero-order chi connectivity index (χ0) is 21.1. The van der Waals surface area contributed by atoms with Crippen LogP contribution in [0.15, 0.2) is 41.0 Å². The van der Waals surface area contributed by atoms with Crippen LogP contribution in [0.2, 0.25) is 0 Å². The molecule has 0 aliphatic carbocycles. The summed E-state index contributed by atoms with van der Waals surface area (Å²) < 4.78 is 2.82. The number of nitrogens with one attached hydrogen (secondary N) is 1. The third-order valence-corrected chi connectivity index (χ3v) is 6.85. The molecule has 1 fully saturated rings. The quantitative estimate of drug-likeness (QED) is 0.486. The second kappa shape index (κ2) is 9.48. The van der Waals surface area contributed by atoms with Crippen molar-refractivity contribution < 1.29 is 0 Å². The highest BCUT2D eigenvalue weighted by atomic mass is 79.9. The molecule has 0 amide bonds. The molecule has 4 rings (SSSR count). The molecule has 5 nitrogen and oxygen atoms in total. The van der Waals surface area contributed by atoms with Gasteiger partial charge in [-0.05, 0) is 59.6 Å². The first-order chi connectivity index (χ1) is 14.5. The molecule has 160 valence electrons. The molecule has 6 heteroatoms. The maximum Gasteiger partial charge on any atom is 0.172 e. The highest BCUT2D eigenvalue weighted by Crippen LogP contribution is 2.28. The van der Waals surface area contributed by atoms with Crippen molar-refractivity contribution in [2.24, 2.45) is 11.8 Å². The Morgan fingerprint density at radius 1 is 1.30 bits per heavy atom. The van der Waals surface area contributed by atoms with Crippen molar-refractivity contribution in [3.63, 3.8) is 0 Å². The van der Waals surface area contributed by atoms with Gasteiger partial charge in [0.2, 0.25) is 0 Å². The Balaban J connectivity index is 1.54. The number of halogens is 1. The Bertz CT molecular complexity index is 998. The van der Waals surface area contributed by atoms with Crippen molar-refractivity contribution in [3.8, 4) is 11.3 Å². The number of anilines is 1. The van der Waals surface area contributed by atoms with Crippen molar-refractivity contribution in [2.75, 3.05) is 31.5 Å². The Kier molecular flexibility index (Phi) is 6.74. The number of fused-ring (bicyclic) bond motifs is 1. The molecule has 3 heterocycles. The fourth-order valence-corrected chi connectivity index (χ4v) is 4.71. The number of aromatic nitrogens is 3. The highest BCUT2D eigenvalue weighted by Gasteiger charge is 2.21. The van der Waals surface area contributed by atoms with Crippen LogP contribution in [-0.2, 0) is 0 Å². The predicted octanol–water partition coefficient (Wildman–Crippen LogP) is 5.64. The summed E-state index contributed by atoms with van der Waals surface area (Å²) in [6.07, 6.45) is 5.65. The van der Waals surface area contributed by atoms with Gasteiger partial charge in [-0.3, -0.25) is 0 Å². The van der Waals surface area contributed by atoms with Gasteiger partial charge in [-0.1, -0.05) is 44.5 Å². The van der Waals surface area contributed by atoms with Gasteiger partial charge in [-0.25, -0.2) is 4.98 Å². The summed E-state index contributed by atoms with van der Waals surface area (Å²) in [5.74, 6) is 2.43. The molecule has 0 saturated carbocycles. The van der Waals surface area contributed by atoms with Crippen molar-refractivity contribution >= 4 is 27.4 Å². The summed E-state index contributed by atoms with van der Waals surface area (Å²) in [5, 5.41) is 8.24. The van der Waals surface area contributed by atoms with Gasteiger partial charge < -0.3 is 10.2 Å². The normalized spacial score (nSPS) is 18.6. The van der Waals surface area contributed by atoms with E-state index >= 15 is 0 Å². The van der Waals surface area contributed by atoms with E-state index in [0.717, 1.165) is 39.7 Å². The standard InChI is InChI=1S/C24H32BrN5/c1-4-17(2)15-29-11-7-9-19(16-29)13-26-23-12-22(20-10-6-5-8-18(20)3)28-24-21(25)14-27-30(23)24/h5-6,8,10,12,14,17,19,26H,4,7,9,11,13,15-16H2,1-3H3. The first kappa shape index (κ1) is 21.3. The van der Waals surface area contributed by atoms with Crippen molar-refractivity contribution in [2.45, 2.75) is 40.0 Å². The number of hydrogen-bond acceptors (Lipinski definition) is 4.